The van der Waals surface area contributed by atoms with Gasteiger partial charge in [0.05, 0.1) is 5.92 Å². The average molecular weight is 395 g/mol. The topological polar surface area (TPSA) is 40.6 Å². The third-order valence-electron chi connectivity index (χ3n) is 5.64. The second-order valence-corrected chi connectivity index (χ2v) is 8.94. The van der Waals surface area contributed by atoms with Gasteiger partial charge in [0.25, 0.3) is 0 Å². The predicted molar refractivity (Wildman–Crippen MR) is 114 cm³/mol. The Bertz CT molecular complexity index is 837. The molecule has 4 nitrogen and oxygen atoms in total. The first-order valence-corrected chi connectivity index (χ1v) is 11.0. The summed E-state index contributed by atoms with van der Waals surface area (Å²) < 4.78 is 0. The Hall–Kier alpha value is -2.27. The first-order valence-electron chi connectivity index (χ1n) is 9.94. The molecule has 0 spiro atoms. The van der Waals surface area contributed by atoms with E-state index in [9.17, 15) is 9.59 Å². The van der Waals surface area contributed by atoms with Crippen LogP contribution >= 0.6 is 11.8 Å². The minimum atomic E-state index is -0.230. The van der Waals surface area contributed by atoms with Crippen molar-refractivity contribution in [3.8, 4) is 0 Å². The molecule has 4 rings (SSSR count). The molecular weight excluding hydrogens is 368 g/mol. The van der Waals surface area contributed by atoms with Gasteiger partial charge in [-0.05, 0) is 31.0 Å². The smallest absolute Gasteiger partial charge is 0.228 e. The maximum Gasteiger partial charge on any atom is 0.228 e. The molecule has 2 atom stereocenters. The molecule has 2 aromatic carbocycles. The van der Waals surface area contributed by atoms with Gasteiger partial charge in [0.1, 0.15) is 0 Å². The highest BCUT2D eigenvalue weighted by atomic mass is 32.2. The molecule has 2 saturated heterocycles. The lowest BCUT2D eigenvalue weighted by Crippen LogP contribution is -2.38. The Morgan fingerprint density at radius 3 is 2.54 bits per heavy atom. The quantitative estimate of drug-likeness (QED) is 0.788. The van der Waals surface area contributed by atoms with Crippen LogP contribution in [-0.2, 0) is 9.59 Å². The van der Waals surface area contributed by atoms with Crippen LogP contribution in [0.4, 0.5) is 5.69 Å². The van der Waals surface area contributed by atoms with Gasteiger partial charge in [-0.3, -0.25) is 9.59 Å². The summed E-state index contributed by atoms with van der Waals surface area (Å²) in [5.74, 6) is 0.895. The van der Waals surface area contributed by atoms with E-state index in [2.05, 4.69) is 24.3 Å². The minimum absolute atomic E-state index is 0.0496. The molecule has 2 heterocycles. The molecule has 2 aliphatic heterocycles. The number of carbonyl (C=O) groups excluding carboxylic acids is 2. The number of aryl methyl sites for hydroxylation is 1. The van der Waals surface area contributed by atoms with Crippen LogP contribution in [0.25, 0.3) is 0 Å². The summed E-state index contributed by atoms with van der Waals surface area (Å²) in [6.07, 6.45) is 1.28. The molecule has 0 saturated carbocycles. The Labute approximate surface area is 170 Å². The Morgan fingerprint density at radius 1 is 1.04 bits per heavy atom. The summed E-state index contributed by atoms with van der Waals surface area (Å²) in [5, 5.41) is 0.438. The molecule has 0 aromatic heterocycles. The fourth-order valence-electron chi connectivity index (χ4n) is 4.03. The molecule has 0 aliphatic carbocycles. The molecular formula is C23H26N2O2S. The average Bonchev–Trinajstić information content (AvgIpc) is 2.95. The lowest BCUT2D eigenvalue weighted by atomic mass is 10.1. The van der Waals surface area contributed by atoms with E-state index in [0.29, 0.717) is 18.2 Å². The normalized spacial score (nSPS) is 23.0. The van der Waals surface area contributed by atoms with Gasteiger partial charge in [-0.15, -0.1) is 0 Å². The van der Waals surface area contributed by atoms with Crippen molar-refractivity contribution >= 4 is 29.3 Å². The predicted octanol–water partition coefficient (Wildman–Crippen LogP) is 4.05. The number of benzene rings is 2. The zero-order chi connectivity index (χ0) is 19.5. The highest BCUT2D eigenvalue weighted by Gasteiger charge is 2.37. The highest BCUT2D eigenvalue weighted by Crippen LogP contribution is 2.35. The second kappa shape index (κ2) is 8.39. The standard InChI is InChI=1S/C23H26N2O2S/c1-17-7-9-20(10-8-17)25-16-19(15-22(25)26)23(27)24-12-11-21(28-14-13-24)18-5-3-2-4-6-18/h2-10,19,21H,11-16H2,1H3. The summed E-state index contributed by atoms with van der Waals surface area (Å²) in [7, 11) is 0. The fourth-order valence-corrected chi connectivity index (χ4v) is 5.26. The van der Waals surface area contributed by atoms with Crippen LogP contribution < -0.4 is 4.90 Å². The first kappa shape index (κ1) is 19.1. The zero-order valence-corrected chi connectivity index (χ0v) is 17.0. The number of nitrogens with zero attached hydrogens (tertiary/aromatic N) is 2. The van der Waals surface area contributed by atoms with Crippen molar-refractivity contribution in [2.75, 3.05) is 30.3 Å². The number of amides is 2. The van der Waals surface area contributed by atoms with Crippen molar-refractivity contribution < 1.29 is 9.59 Å². The first-order chi connectivity index (χ1) is 13.6. The van der Waals surface area contributed by atoms with E-state index in [-0.39, 0.29) is 17.7 Å². The summed E-state index contributed by atoms with van der Waals surface area (Å²) in [6.45, 7) is 4.05. The van der Waals surface area contributed by atoms with E-state index < -0.39 is 0 Å². The summed E-state index contributed by atoms with van der Waals surface area (Å²) in [6, 6.07) is 18.5. The van der Waals surface area contributed by atoms with Crippen LogP contribution in [0.5, 0.6) is 0 Å². The second-order valence-electron chi connectivity index (χ2n) is 7.63. The van der Waals surface area contributed by atoms with Gasteiger partial charge in [0.2, 0.25) is 11.8 Å². The van der Waals surface area contributed by atoms with Crippen LogP contribution in [0.1, 0.15) is 29.2 Å². The molecule has 2 aromatic rings. The molecule has 0 radical (unpaired) electrons. The van der Waals surface area contributed by atoms with Crippen LogP contribution in [0.3, 0.4) is 0 Å². The largest absolute Gasteiger partial charge is 0.342 e. The van der Waals surface area contributed by atoms with Crippen molar-refractivity contribution in [1.29, 1.82) is 0 Å². The maximum absolute atomic E-state index is 13.1. The number of hydrogen-bond acceptors (Lipinski definition) is 3. The van der Waals surface area contributed by atoms with Crippen molar-refractivity contribution in [3.63, 3.8) is 0 Å². The van der Waals surface area contributed by atoms with E-state index in [0.717, 1.165) is 36.5 Å². The fraction of sp³-hybridized carbons (Fsp3) is 0.391. The van der Waals surface area contributed by atoms with Gasteiger partial charge in [0, 0.05) is 42.7 Å². The van der Waals surface area contributed by atoms with Crippen molar-refractivity contribution in [3.05, 3.63) is 65.7 Å². The van der Waals surface area contributed by atoms with Crippen LogP contribution in [0, 0.1) is 12.8 Å². The van der Waals surface area contributed by atoms with Gasteiger partial charge < -0.3 is 9.80 Å². The number of thioether (sulfide) groups is 1. The Balaban J connectivity index is 1.39. The number of hydrogen-bond donors (Lipinski definition) is 0. The van der Waals surface area contributed by atoms with E-state index in [1.807, 2.05) is 53.9 Å². The summed E-state index contributed by atoms with van der Waals surface area (Å²) in [5.41, 5.74) is 3.39. The number of carbonyl (C=O) groups is 2. The van der Waals surface area contributed by atoms with Crippen molar-refractivity contribution in [2.24, 2.45) is 5.92 Å². The number of anilines is 1. The van der Waals surface area contributed by atoms with Crippen LogP contribution in [-0.4, -0.2) is 42.1 Å². The number of rotatable bonds is 3. The monoisotopic (exact) mass is 394 g/mol. The lowest BCUT2D eigenvalue weighted by molar-refractivity contribution is -0.135. The SMILES string of the molecule is Cc1ccc(N2CC(C(=O)N3CCSC(c4ccccc4)CC3)CC2=O)cc1. The summed E-state index contributed by atoms with van der Waals surface area (Å²) >= 11 is 1.93. The van der Waals surface area contributed by atoms with Gasteiger partial charge in [-0.2, -0.15) is 11.8 Å². The Kier molecular flexibility index (Phi) is 5.72. The molecule has 2 unspecified atom stereocenters. The summed E-state index contributed by atoms with van der Waals surface area (Å²) in [4.78, 5) is 29.4. The molecule has 28 heavy (non-hydrogen) atoms. The zero-order valence-electron chi connectivity index (χ0n) is 16.2. The molecule has 5 heteroatoms. The van der Waals surface area contributed by atoms with Gasteiger partial charge in [-0.1, -0.05) is 48.0 Å². The van der Waals surface area contributed by atoms with Gasteiger partial charge in [-0.25, -0.2) is 0 Å². The van der Waals surface area contributed by atoms with E-state index >= 15 is 0 Å². The minimum Gasteiger partial charge on any atom is -0.342 e. The van der Waals surface area contributed by atoms with Crippen molar-refractivity contribution in [2.45, 2.75) is 25.0 Å². The highest BCUT2D eigenvalue weighted by molar-refractivity contribution is 7.99. The van der Waals surface area contributed by atoms with Crippen LogP contribution in [0.15, 0.2) is 54.6 Å². The van der Waals surface area contributed by atoms with E-state index in [4.69, 9.17) is 0 Å². The van der Waals surface area contributed by atoms with Gasteiger partial charge in [0.15, 0.2) is 0 Å². The third-order valence-corrected chi connectivity index (χ3v) is 6.97. The molecule has 2 amide bonds. The molecule has 2 aliphatic rings. The van der Waals surface area contributed by atoms with Crippen LogP contribution in [0.2, 0.25) is 0 Å². The Morgan fingerprint density at radius 2 is 1.79 bits per heavy atom. The molecule has 146 valence electrons. The molecule has 0 N–H and O–H groups in total. The van der Waals surface area contributed by atoms with Gasteiger partial charge >= 0.3 is 0 Å². The van der Waals surface area contributed by atoms with E-state index in [1.165, 1.54) is 5.56 Å². The third kappa shape index (κ3) is 4.09. The lowest BCUT2D eigenvalue weighted by Gasteiger charge is -2.24. The molecule has 2 fully saturated rings. The molecule has 0 bridgehead atoms. The maximum atomic E-state index is 13.1. The van der Waals surface area contributed by atoms with Crippen molar-refractivity contribution in [1.82, 2.24) is 4.90 Å². The van der Waals surface area contributed by atoms with E-state index in [1.54, 1.807) is 4.90 Å².